The van der Waals surface area contributed by atoms with Crippen LogP contribution in [0.15, 0.2) is 0 Å². The van der Waals surface area contributed by atoms with Crippen LogP contribution in [0.5, 0.6) is 0 Å². The van der Waals surface area contributed by atoms with E-state index in [1.54, 1.807) is 0 Å². The van der Waals surface area contributed by atoms with E-state index in [1.165, 1.54) is 0 Å². The van der Waals surface area contributed by atoms with Crippen molar-refractivity contribution in [2.24, 2.45) is 5.92 Å². The second kappa shape index (κ2) is 4.46. The fourth-order valence-corrected chi connectivity index (χ4v) is 1.25. The molecule has 3 nitrogen and oxygen atoms in total. The van der Waals surface area contributed by atoms with Gasteiger partial charge in [-0.05, 0) is 12.8 Å². The Morgan fingerprint density at radius 1 is 1.64 bits per heavy atom. The maximum Gasteiger partial charge on any atom is 0.138 e. The highest BCUT2D eigenvalue weighted by Crippen LogP contribution is 2.15. The van der Waals surface area contributed by atoms with Gasteiger partial charge in [-0.2, -0.15) is 0 Å². The average Bonchev–Trinajstić information content (AvgIpc) is 2.52. The van der Waals surface area contributed by atoms with Crippen molar-refractivity contribution in [1.82, 2.24) is 0 Å². The highest BCUT2D eigenvalue weighted by Gasteiger charge is 2.22. The fraction of sp³-hybridized carbons (Fsp3) is 0.875. The maximum absolute atomic E-state index is 11.2. The summed E-state index contributed by atoms with van der Waals surface area (Å²) in [6.45, 7) is 1.42. The number of carbonyl (C=O) groups is 1. The zero-order chi connectivity index (χ0) is 8.10. The first-order valence-electron chi connectivity index (χ1n) is 4.06. The topological polar surface area (TPSA) is 46.5 Å². The Hall–Kier alpha value is -0.410. The van der Waals surface area contributed by atoms with Gasteiger partial charge in [0.25, 0.3) is 0 Å². The molecule has 64 valence electrons. The van der Waals surface area contributed by atoms with Crippen LogP contribution in [0.3, 0.4) is 0 Å². The van der Waals surface area contributed by atoms with Gasteiger partial charge in [-0.25, -0.2) is 0 Å². The molecule has 1 N–H and O–H groups in total. The number of aliphatic hydroxyl groups excluding tert-OH is 1. The molecule has 1 rings (SSSR count). The number of rotatable bonds is 4. The van der Waals surface area contributed by atoms with E-state index in [1.807, 2.05) is 0 Å². The van der Waals surface area contributed by atoms with Crippen LogP contribution < -0.4 is 0 Å². The molecule has 1 atom stereocenters. The third-order valence-electron chi connectivity index (χ3n) is 1.97. The van der Waals surface area contributed by atoms with Gasteiger partial charge < -0.3 is 9.84 Å². The van der Waals surface area contributed by atoms with Crippen LogP contribution in [0, 0.1) is 5.92 Å². The van der Waals surface area contributed by atoms with Crippen molar-refractivity contribution >= 4 is 5.78 Å². The molecule has 1 saturated heterocycles. The van der Waals surface area contributed by atoms with Crippen LogP contribution in [0.1, 0.15) is 19.3 Å². The lowest BCUT2D eigenvalue weighted by Gasteiger charge is -2.03. The summed E-state index contributed by atoms with van der Waals surface area (Å²) in [5.74, 6) is 0.359. The molecule has 0 aromatic rings. The van der Waals surface area contributed by atoms with Crippen LogP contribution >= 0.6 is 0 Å². The monoisotopic (exact) mass is 158 g/mol. The number of hydrogen-bond acceptors (Lipinski definition) is 3. The van der Waals surface area contributed by atoms with Crippen LogP contribution in [0.25, 0.3) is 0 Å². The first-order valence-corrected chi connectivity index (χ1v) is 4.06. The summed E-state index contributed by atoms with van der Waals surface area (Å²) in [6, 6.07) is 0. The molecule has 0 aromatic heterocycles. The van der Waals surface area contributed by atoms with Crippen molar-refractivity contribution in [2.75, 3.05) is 19.8 Å². The number of ether oxygens (including phenoxy) is 1. The maximum atomic E-state index is 11.2. The van der Waals surface area contributed by atoms with Gasteiger partial charge >= 0.3 is 0 Å². The minimum atomic E-state index is 0.110. The van der Waals surface area contributed by atoms with Gasteiger partial charge in [-0.3, -0.25) is 4.79 Å². The first kappa shape index (κ1) is 8.68. The van der Waals surface area contributed by atoms with E-state index in [2.05, 4.69) is 0 Å². The second-order valence-corrected chi connectivity index (χ2v) is 2.85. The van der Waals surface area contributed by atoms with E-state index in [4.69, 9.17) is 9.84 Å². The molecule has 0 radical (unpaired) electrons. The van der Waals surface area contributed by atoms with Crippen LogP contribution in [0.2, 0.25) is 0 Å². The zero-order valence-corrected chi connectivity index (χ0v) is 6.58. The van der Waals surface area contributed by atoms with Crippen molar-refractivity contribution < 1.29 is 14.6 Å². The van der Waals surface area contributed by atoms with Crippen molar-refractivity contribution in [2.45, 2.75) is 19.3 Å². The van der Waals surface area contributed by atoms with E-state index >= 15 is 0 Å². The molecule has 0 bridgehead atoms. The van der Waals surface area contributed by atoms with Crippen LogP contribution in [-0.4, -0.2) is 30.7 Å². The highest BCUT2D eigenvalue weighted by molar-refractivity contribution is 5.81. The Labute approximate surface area is 66.4 Å². The minimum Gasteiger partial charge on any atom is -0.396 e. The lowest BCUT2D eigenvalue weighted by atomic mass is 10.0. The summed E-state index contributed by atoms with van der Waals surface area (Å²) in [5, 5.41) is 8.47. The van der Waals surface area contributed by atoms with Crippen molar-refractivity contribution in [3.05, 3.63) is 0 Å². The molecule has 11 heavy (non-hydrogen) atoms. The van der Waals surface area contributed by atoms with E-state index in [0.29, 0.717) is 19.4 Å². The van der Waals surface area contributed by atoms with E-state index < -0.39 is 0 Å². The predicted molar refractivity (Wildman–Crippen MR) is 40.3 cm³/mol. The average molecular weight is 158 g/mol. The molecular weight excluding hydrogens is 144 g/mol. The number of ketones is 1. The molecular formula is C8H14O3. The van der Waals surface area contributed by atoms with Gasteiger partial charge in [0.1, 0.15) is 5.78 Å². The number of carbonyl (C=O) groups excluding carboxylic acids is 1. The summed E-state index contributed by atoms with van der Waals surface area (Å²) >= 11 is 0. The number of aliphatic hydroxyl groups is 1. The fourth-order valence-electron chi connectivity index (χ4n) is 1.25. The third-order valence-corrected chi connectivity index (χ3v) is 1.97. The molecule has 1 aliphatic rings. The first-order chi connectivity index (χ1) is 5.34. The standard InChI is InChI=1S/C8H14O3/c9-4-1-2-8(10)7-3-5-11-6-7/h7,9H,1-6H2. The van der Waals surface area contributed by atoms with Crippen LogP contribution in [-0.2, 0) is 9.53 Å². The van der Waals surface area contributed by atoms with Crippen molar-refractivity contribution in [1.29, 1.82) is 0 Å². The third kappa shape index (κ3) is 2.60. The highest BCUT2D eigenvalue weighted by atomic mass is 16.5. The molecule has 1 aliphatic heterocycles. The Morgan fingerprint density at radius 3 is 3.00 bits per heavy atom. The zero-order valence-electron chi connectivity index (χ0n) is 6.58. The molecule has 0 spiro atoms. The van der Waals surface area contributed by atoms with E-state index in [9.17, 15) is 4.79 Å². The lowest BCUT2D eigenvalue weighted by molar-refractivity contribution is -0.123. The summed E-state index contributed by atoms with van der Waals surface area (Å²) < 4.78 is 5.07. The Bertz CT molecular complexity index is 127. The van der Waals surface area contributed by atoms with Gasteiger partial charge in [0.2, 0.25) is 0 Å². The van der Waals surface area contributed by atoms with Gasteiger partial charge in [-0.1, -0.05) is 0 Å². The molecule has 1 unspecified atom stereocenters. The van der Waals surface area contributed by atoms with Crippen LogP contribution in [0.4, 0.5) is 0 Å². The second-order valence-electron chi connectivity index (χ2n) is 2.85. The molecule has 1 fully saturated rings. The predicted octanol–water partition coefficient (Wildman–Crippen LogP) is 0.364. The van der Waals surface area contributed by atoms with E-state index in [0.717, 1.165) is 13.0 Å². The molecule has 3 heteroatoms. The van der Waals surface area contributed by atoms with Crippen molar-refractivity contribution in [3.8, 4) is 0 Å². The molecule has 1 heterocycles. The minimum absolute atomic E-state index is 0.110. The Morgan fingerprint density at radius 2 is 2.45 bits per heavy atom. The number of hydrogen-bond donors (Lipinski definition) is 1. The molecule has 0 saturated carbocycles. The van der Waals surface area contributed by atoms with Gasteiger partial charge in [0.05, 0.1) is 6.61 Å². The van der Waals surface area contributed by atoms with Gasteiger partial charge in [0, 0.05) is 25.6 Å². The Balaban J connectivity index is 2.17. The van der Waals surface area contributed by atoms with Gasteiger partial charge in [-0.15, -0.1) is 0 Å². The molecule has 0 amide bonds. The summed E-state index contributed by atoms with van der Waals surface area (Å²) in [6.07, 6.45) is 1.96. The molecule has 0 aliphatic carbocycles. The number of Topliss-reactive ketones (excluding diaryl/α,β-unsaturated/α-hetero) is 1. The summed E-state index contributed by atoms with van der Waals surface area (Å²) in [4.78, 5) is 11.2. The summed E-state index contributed by atoms with van der Waals surface area (Å²) in [5.41, 5.74) is 0. The van der Waals surface area contributed by atoms with E-state index in [-0.39, 0.29) is 18.3 Å². The van der Waals surface area contributed by atoms with Crippen molar-refractivity contribution in [3.63, 3.8) is 0 Å². The smallest absolute Gasteiger partial charge is 0.138 e. The largest absolute Gasteiger partial charge is 0.396 e. The SMILES string of the molecule is O=C(CCCO)C1CCOC1. The molecule has 0 aromatic carbocycles. The Kier molecular flexibility index (Phi) is 3.52. The quantitative estimate of drug-likeness (QED) is 0.642. The normalized spacial score (nSPS) is 23.9. The van der Waals surface area contributed by atoms with Gasteiger partial charge in [0.15, 0.2) is 0 Å². The summed E-state index contributed by atoms with van der Waals surface area (Å²) in [7, 11) is 0. The lowest BCUT2D eigenvalue weighted by Crippen LogP contribution is -2.14.